The fourth-order valence-corrected chi connectivity index (χ4v) is 0. The second kappa shape index (κ2) is 2.24. The quantitative estimate of drug-likeness (QED) is 0.299. The molecule has 0 unspecified atom stereocenters. The van der Waals surface area contributed by atoms with E-state index in [1.54, 1.807) is 19.8 Å². The lowest BCUT2D eigenvalue weighted by Gasteiger charge is -1.99. The molecule has 0 saturated carbocycles. The van der Waals surface area contributed by atoms with Crippen LogP contribution in [0.1, 0.15) is 0 Å². The molecular weight excluding hydrogens is 64.8 g/mol. The first-order valence-electron chi connectivity index (χ1n) is 1.53. The Morgan fingerprint density at radius 3 is 2.20 bits per heavy atom. The van der Waals surface area contributed by atoms with Crippen LogP contribution in [0.25, 0.3) is 0 Å². The molecule has 0 heterocycles. The largest absolute Gasteiger partial charge is 0.382 e. The van der Waals surface area contributed by atoms with Crippen LogP contribution in [0.5, 0.6) is 0 Å². The Morgan fingerprint density at radius 2 is 2.20 bits per heavy atom. The van der Waals surface area contributed by atoms with Crippen LogP contribution in [-0.4, -0.2) is 31.7 Å². The molecule has 2 nitrogen and oxygen atoms in total. The summed E-state index contributed by atoms with van der Waals surface area (Å²) in [5.41, 5.74) is 0. The van der Waals surface area contributed by atoms with E-state index in [4.69, 9.17) is 5.11 Å². The summed E-state index contributed by atoms with van der Waals surface area (Å²) in [5.74, 6) is 0. The van der Waals surface area contributed by atoms with E-state index in [9.17, 15) is 0 Å². The third-order valence-corrected chi connectivity index (χ3v) is 0.283. The molecule has 0 aromatic heterocycles. The van der Waals surface area contributed by atoms with Crippen molar-refractivity contribution in [3.8, 4) is 0 Å². The van der Waals surface area contributed by atoms with Crippen molar-refractivity contribution in [3.05, 3.63) is 0 Å². The highest BCUT2D eigenvalue weighted by Gasteiger charge is 1.74. The zero-order chi connectivity index (χ0) is 4.28. The van der Waals surface area contributed by atoms with E-state index in [1.165, 1.54) is 0 Å². The highest BCUT2D eigenvalue weighted by atomic mass is 16.3. The second-order valence-corrected chi connectivity index (χ2v) is 1.22. The van der Waals surface area contributed by atoms with Gasteiger partial charge in [-0.15, -0.1) is 0 Å². The van der Waals surface area contributed by atoms with Crippen LogP contribution in [-0.2, 0) is 0 Å². The molecule has 0 radical (unpaired) electrons. The van der Waals surface area contributed by atoms with Crippen LogP contribution < -0.4 is 0 Å². The minimum Gasteiger partial charge on any atom is -0.382 e. The van der Waals surface area contributed by atoms with Crippen molar-refractivity contribution in [2.75, 3.05) is 13.8 Å². The Hall–Kier alpha value is -0.0151. The van der Waals surface area contributed by atoms with E-state index >= 15 is 0 Å². The Labute approximate surface area is 32.8 Å². The van der Waals surface area contributed by atoms with Crippen LogP contribution in [0.4, 0.5) is 0 Å². The summed E-state index contributed by atoms with van der Waals surface area (Å²) >= 11 is 0. The lowest BCUT2D eigenvalue weighted by molar-refractivity contribution is 0.203. The van der Waals surface area contributed by atoms with Gasteiger partial charge in [-0.2, -0.15) is 0 Å². The van der Waals surface area contributed by atoms with E-state index in [0.717, 1.165) is 0 Å². The Morgan fingerprint density at radius 1 is 2.00 bits per heavy atom. The molecule has 0 saturated heterocycles. The van der Waals surface area contributed by atoms with Crippen LogP contribution in [0, 0.1) is 0 Å². The highest BCUT2D eigenvalue weighted by molar-refractivity contribution is 6.03. The van der Waals surface area contributed by atoms with Gasteiger partial charge in [0.05, 0.1) is 6.73 Å². The number of hydrogen-bond acceptors (Lipinski definition) is 2. The lowest BCUT2D eigenvalue weighted by atomic mass is 10.4. The molecule has 0 rings (SSSR count). The molecule has 0 fully saturated rings. The normalized spacial score (nSPS) is 9.40. The predicted molar refractivity (Wildman–Crippen MR) is 23.4 cm³/mol. The average Bonchev–Trinajstić information content (AvgIpc) is 1.38. The number of rotatable bonds is 1. The van der Waals surface area contributed by atoms with Crippen molar-refractivity contribution in [3.63, 3.8) is 0 Å². The topological polar surface area (TPSA) is 23.5 Å². The van der Waals surface area contributed by atoms with E-state index in [2.05, 4.69) is 0 Å². The van der Waals surface area contributed by atoms with Crippen molar-refractivity contribution < 1.29 is 5.11 Å². The lowest BCUT2D eigenvalue weighted by Crippen LogP contribution is -2.13. The van der Waals surface area contributed by atoms with Crippen molar-refractivity contribution in [2.45, 2.75) is 0 Å². The zero-order valence-electron chi connectivity index (χ0n) is 3.60. The minimum atomic E-state index is 0.139. The smallest absolute Gasteiger partial charge is 0.187 e. The van der Waals surface area contributed by atoms with E-state index in [-0.39, 0.29) is 6.73 Å². The molecule has 0 bridgehead atoms. The first-order valence-corrected chi connectivity index (χ1v) is 1.53. The minimum absolute atomic E-state index is 0.139. The average molecular weight is 72.9 g/mol. The summed E-state index contributed by atoms with van der Waals surface area (Å²) in [6.07, 6.45) is 0. The third-order valence-electron chi connectivity index (χ3n) is 0.283. The molecule has 0 amide bonds. The van der Waals surface area contributed by atoms with Gasteiger partial charge in [0.25, 0.3) is 0 Å². The monoisotopic (exact) mass is 73.1 g/mol. The summed E-state index contributed by atoms with van der Waals surface area (Å²) in [4.78, 5) is 1.68. The molecule has 5 heavy (non-hydrogen) atoms. The summed E-state index contributed by atoms with van der Waals surface area (Å²) in [6, 6.07) is 0. The molecule has 0 aliphatic rings. The first kappa shape index (κ1) is 4.98. The fraction of sp³-hybridized carbons (Fsp3) is 1.00. The molecule has 0 aromatic rings. The molecule has 0 atom stereocenters. The summed E-state index contributed by atoms with van der Waals surface area (Å²) < 4.78 is 0. The molecule has 1 N–H and O–H groups in total. The predicted octanol–water partition coefficient (Wildman–Crippen LogP) is -1.58. The van der Waals surface area contributed by atoms with E-state index in [1.807, 2.05) is 0 Å². The first-order chi connectivity index (χ1) is 2.27. The van der Waals surface area contributed by atoms with Crippen molar-refractivity contribution >= 4 is 7.98 Å². The Kier molecular flexibility index (Phi) is 2.23. The van der Waals surface area contributed by atoms with Crippen molar-refractivity contribution in [1.29, 1.82) is 0 Å². The molecular formula is C2H8BNO. The van der Waals surface area contributed by atoms with Gasteiger partial charge in [0.1, 0.15) is 0 Å². The van der Waals surface area contributed by atoms with Gasteiger partial charge in [-0.05, 0) is 7.05 Å². The van der Waals surface area contributed by atoms with Crippen LogP contribution >= 0.6 is 0 Å². The van der Waals surface area contributed by atoms with E-state index in [0.29, 0.717) is 0 Å². The fourth-order valence-electron chi connectivity index (χ4n) is 0. The van der Waals surface area contributed by atoms with Crippen LogP contribution in [0.3, 0.4) is 0 Å². The van der Waals surface area contributed by atoms with Gasteiger partial charge in [-0.25, -0.2) is 0 Å². The maximum Gasteiger partial charge on any atom is 0.187 e. The van der Waals surface area contributed by atoms with Gasteiger partial charge < -0.3 is 9.92 Å². The molecule has 0 spiro atoms. The third kappa shape index (κ3) is 3.98. The Bertz CT molecular complexity index is 23.6. The van der Waals surface area contributed by atoms with Crippen molar-refractivity contribution in [2.24, 2.45) is 0 Å². The van der Waals surface area contributed by atoms with Gasteiger partial charge in [0, 0.05) is 0 Å². The number of aliphatic hydroxyl groups excluding tert-OH is 1. The summed E-state index contributed by atoms with van der Waals surface area (Å²) in [5, 5.41) is 8.07. The second-order valence-electron chi connectivity index (χ2n) is 1.22. The SMILES string of the molecule is BN(C)CO. The van der Waals surface area contributed by atoms with Crippen molar-refractivity contribution in [1.82, 2.24) is 4.81 Å². The van der Waals surface area contributed by atoms with Gasteiger partial charge in [-0.3, -0.25) is 0 Å². The number of aliphatic hydroxyl groups is 1. The van der Waals surface area contributed by atoms with Gasteiger partial charge >= 0.3 is 0 Å². The zero-order valence-corrected chi connectivity index (χ0v) is 3.60. The number of nitrogens with zero attached hydrogens (tertiary/aromatic N) is 1. The molecule has 0 aliphatic heterocycles. The maximum absolute atomic E-state index is 8.07. The molecule has 30 valence electrons. The maximum atomic E-state index is 8.07. The van der Waals surface area contributed by atoms with Crippen LogP contribution in [0.15, 0.2) is 0 Å². The summed E-state index contributed by atoms with van der Waals surface area (Å²) in [6.45, 7) is 0.139. The number of hydrogen-bond donors (Lipinski definition) is 1. The van der Waals surface area contributed by atoms with Gasteiger partial charge in [0.2, 0.25) is 0 Å². The van der Waals surface area contributed by atoms with E-state index < -0.39 is 0 Å². The van der Waals surface area contributed by atoms with Crippen LogP contribution in [0.2, 0.25) is 0 Å². The highest BCUT2D eigenvalue weighted by Crippen LogP contribution is 1.57. The van der Waals surface area contributed by atoms with Gasteiger partial charge in [0.15, 0.2) is 7.98 Å². The molecule has 3 heteroatoms. The molecule has 0 aliphatic carbocycles. The summed E-state index contributed by atoms with van der Waals surface area (Å²) in [7, 11) is 3.61. The standard InChI is InChI=1S/C2H8BNO/c1-4(3)2-5/h5H,2-3H2,1H3. The van der Waals surface area contributed by atoms with Gasteiger partial charge in [-0.1, -0.05) is 0 Å². The Balaban J connectivity index is 2.54. The molecule has 0 aromatic carbocycles.